The largest absolute Gasteiger partial charge is 0.395 e. The molecule has 14 heavy (non-hydrogen) atoms. The summed E-state index contributed by atoms with van der Waals surface area (Å²) >= 11 is 0. The molecule has 1 heterocycles. The first-order valence-corrected chi connectivity index (χ1v) is 5.27. The van der Waals surface area contributed by atoms with Crippen LogP contribution >= 0.6 is 0 Å². The van der Waals surface area contributed by atoms with Gasteiger partial charge in [-0.25, -0.2) is 0 Å². The molecule has 0 bridgehead atoms. The van der Waals surface area contributed by atoms with E-state index in [0.29, 0.717) is 6.54 Å². The summed E-state index contributed by atoms with van der Waals surface area (Å²) in [4.78, 5) is 4.58. The van der Waals surface area contributed by atoms with Crippen LogP contribution < -0.4 is 5.73 Å². The number of hydrogen-bond donors (Lipinski definition) is 2. The molecule has 0 amide bonds. The number of hydrogen-bond acceptors (Lipinski definition) is 4. The topological polar surface area (TPSA) is 52.7 Å². The van der Waals surface area contributed by atoms with Gasteiger partial charge in [0.1, 0.15) is 0 Å². The van der Waals surface area contributed by atoms with Crippen LogP contribution in [-0.2, 0) is 0 Å². The van der Waals surface area contributed by atoms with Crippen molar-refractivity contribution in [3.05, 3.63) is 0 Å². The van der Waals surface area contributed by atoms with E-state index in [1.54, 1.807) is 0 Å². The molecular formula is C10H23N3O. The maximum absolute atomic E-state index is 9.22. The van der Waals surface area contributed by atoms with Crippen LogP contribution in [0.3, 0.4) is 0 Å². The number of piperazine rings is 1. The molecule has 1 rings (SSSR count). The van der Waals surface area contributed by atoms with Crippen molar-refractivity contribution in [2.45, 2.75) is 25.4 Å². The summed E-state index contributed by atoms with van der Waals surface area (Å²) < 4.78 is 0. The average Bonchev–Trinajstić information content (AvgIpc) is 2.18. The molecule has 1 unspecified atom stereocenters. The summed E-state index contributed by atoms with van der Waals surface area (Å²) in [5.74, 6) is 0. The molecule has 1 aliphatic heterocycles. The third-order valence-electron chi connectivity index (χ3n) is 3.34. The number of likely N-dealkylation sites (N-methyl/N-ethyl adjacent to an activating group) is 1. The van der Waals surface area contributed by atoms with Crippen molar-refractivity contribution in [3.8, 4) is 0 Å². The minimum atomic E-state index is 0.0503. The first kappa shape index (κ1) is 11.9. The van der Waals surface area contributed by atoms with Gasteiger partial charge in [-0.2, -0.15) is 0 Å². The molecule has 0 aliphatic carbocycles. The lowest BCUT2D eigenvalue weighted by molar-refractivity contribution is 0.00979. The van der Waals surface area contributed by atoms with Gasteiger partial charge in [0.15, 0.2) is 0 Å². The Morgan fingerprint density at radius 2 is 2.07 bits per heavy atom. The highest BCUT2D eigenvalue weighted by Gasteiger charge is 2.32. The lowest BCUT2D eigenvalue weighted by atomic mass is 10.00. The third-order valence-corrected chi connectivity index (χ3v) is 3.34. The van der Waals surface area contributed by atoms with Gasteiger partial charge in [0.05, 0.1) is 6.61 Å². The fraction of sp³-hybridized carbons (Fsp3) is 1.00. The lowest BCUT2D eigenvalue weighted by Crippen LogP contribution is -2.60. The van der Waals surface area contributed by atoms with Gasteiger partial charge in [0.25, 0.3) is 0 Å². The highest BCUT2D eigenvalue weighted by molar-refractivity contribution is 4.89. The predicted octanol–water partition coefficient (Wildman–Crippen LogP) is -0.668. The van der Waals surface area contributed by atoms with E-state index in [0.717, 1.165) is 19.6 Å². The molecule has 0 radical (unpaired) electrons. The Balaban J connectivity index is 2.58. The van der Waals surface area contributed by atoms with Gasteiger partial charge in [-0.1, -0.05) is 0 Å². The lowest BCUT2D eigenvalue weighted by Gasteiger charge is -2.46. The van der Waals surface area contributed by atoms with Gasteiger partial charge in [-0.15, -0.1) is 0 Å². The SMILES string of the molecule is CN1CCN(C(C)(C)CN)CC1CO. The van der Waals surface area contributed by atoms with E-state index >= 15 is 0 Å². The Morgan fingerprint density at radius 1 is 1.43 bits per heavy atom. The van der Waals surface area contributed by atoms with Crippen LogP contribution in [-0.4, -0.2) is 66.3 Å². The summed E-state index contributed by atoms with van der Waals surface area (Å²) in [5.41, 5.74) is 5.79. The average molecular weight is 201 g/mol. The van der Waals surface area contributed by atoms with Gasteiger partial charge in [-0.05, 0) is 20.9 Å². The maximum Gasteiger partial charge on any atom is 0.0599 e. The zero-order valence-corrected chi connectivity index (χ0v) is 9.53. The second kappa shape index (κ2) is 4.57. The van der Waals surface area contributed by atoms with Crippen molar-refractivity contribution in [2.24, 2.45) is 5.73 Å². The van der Waals surface area contributed by atoms with Crippen molar-refractivity contribution in [2.75, 3.05) is 39.8 Å². The molecule has 1 aliphatic rings. The second-order valence-electron chi connectivity index (χ2n) is 4.78. The van der Waals surface area contributed by atoms with Gasteiger partial charge < -0.3 is 10.8 Å². The Labute approximate surface area is 86.7 Å². The Hall–Kier alpha value is -0.160. The summed E-state index contributed by atoms with van der Waals surface area (Å²) in [7, 11) is 2.06. The first-order chi connectivity index (χ1) is 6.51. The maximum atomic E-state index is 9.22. The molecule has 3 N–H and O–H groups in total. The van der Waals surface area contributed by atoms with Crippen LogP contribution in [0.4, 0.5) is 0 Å². The minimum absolute atomic E-state index is 0.0503. The summed E-state index contributed by atoms with van der Waals surface area (Å²) in [6.07, 6.45) is 0. The fourth-order valence-corrected chi connectivity index (χ4v) is 1.82. The van der Waals surface area contributed by atoms with Crippen LogP contribution in [0.25, 0.3) is 0 Å². The summed E-state index contributed by atoms with van der Waals surface area (Å²) in [5, 5.41) is 9.22. The van der Waals surface area contributed by atoms with E-state index in [4.69, 9.17) is 5.73 Å². The molecule has 0 aromatic carbocycles. The van der Waals surface area contributed by atoms with Crippen molar-refractivity contribution in [1.82, 2.24) is 9.80 Å². The number of aliphatic hydroxyl groups is 1. The van der Waals surface area contributed by atoms with Gasteiger partial charge in [0.2, 0.25) is 0 Å². The Bertz CT molecular complexity index is 184. The zero-order chi connectivity index (χ0) is 10.8. The summed E-state index contributed by atoms with van der Waals surface area (Å²) in [6.45, 7) is 8.17. The molecule has 1 saturated heterocycles. The number of aliphatic hydroxyl groups excluding tert-OH is 1. The molecule has 0 aromatic rings. The van der Waals surface area contributed by atoms with Crippen molar-refractivity contribution >= 4 is 0 Å². The molecule has 0 saturated carbocycles. The van der Waals surface area contributed by atoms with E-state index < -0.39 is 0 Å². The minimum Gasteiger partial charge on any atom is -0.395 e. The zero-order valence-electron chi connectivity index (χ0n) is 9.53. The molecular weight excluding hydrogens is 178 g/mol. The van der Waals surface area contributed by atoms with Gasteiger partial charge in [-0.3, -0.25) is 9.80 Å². The van der Waals surface area contributed by atoms with Crippen LogP contribution in [0.1, 0.15) is 13.8 Å². The third kappa shape index (κ3) is 2.45. The highest BCUT2D eigenvalue weighted by Crippen LogP contribution is 2.17. The second-order valence-corrected chi connectivity index (χ2v) is 4.78. The van der Waals surface area contributed by atoms with Crippen LogP contribution in [0.15, 0.2) is 0 Å². The first-order valence-electron chi connectivity index (χ1n) is 5.27. The predicted molar refractivity (Wildman–Crippen MR) is 58.2 cm³/mol. The van der Waals surface area contributed by atoms with Crippen LogP contribution in [0, 0.1) is 0 Å². The fourth-order valence-electron chi connectivity index (χ4n) is 1.82. The Kier molecular flexibility index (Phi) is 3.89. The number of nitrogens with zero attached hydrogens (tertiary/aromatic N) is 2. The van der Waals surface area contributed by atoms with E-state index in [-0.39, 0.29) is 18.2 Å². The van der Waals surface area contributed by atoms with Gasteiger partial charge >= 0.3 is 0 Å². The van der Waals surface area contributed by atoms with Crippen molar-refractivity contribution in [3.63, 3.8) is 0 Å². The molecule has 1 atom stereocenters. The van der Waals surface area contributed by atoms with Crippen LogP contribution in [0.5, 0.6) is 0 Å². The molecule has 84 valence electrons. The van der Waals surface area contributed by atoms with Crippen molar-refractivity contribution < 1.29 is 5.11 Å². The quantitative estimate of drug-likeness (QED) is 0.636. The molecule has 0 spiro atoms. The smallest absolute Gasteiger partial charge is 0.0599 e. The van der Waals surface area contributed by atoms with E-state index in [1.807, 2.05) is 0 Å². The molecule has 4 heteroatoms. The number of rotatable bonds is 3. The molecule has 1 fully saturated rings. The van der Waals surface area contributed by atoms with Crippen molar-refractivity contribution in [1.29, 1.82) is 0 Å². The van der Waals surface area contributed by atoms with Crippen LogP contribution in [0.2, 0.25) is 0 Å². The molecule has 4 nitrogen and oxygen atoms in total. The van der Waals surface area contributed by atoms with E-state index in [9.17, 15) is 5.11 Å². The standard InChI is InChI=1S/C10H23N3O/c1-10(2,8-11)13-5-4-12(3)9(6-13)7-14/h9,14H,4-8,11H2,1-3H3. The number of nitrogens with two attached hydrogens (primary N) is 1. The monoisotopic (exact) mass is 201 g/mol. The molecule has 0 aromatic heterocycles. The van der Waals surface area contributed by atoms with E-state index in [2.05, 4.69) is 30.7 Å². The summed E-state index contributed by atoms with van der Waals surface area (Å²) in [6, 6.07) is 0.259. The van der Waals surface area contributed by atoms with E-state index in [1.165, 1.54) is 0 Å². The normalized spacial score (nSPS) is 26.8. The van der Waals surface area contributed by atoms with Gasteiger partial charge in [0, 0.05) is 37.8 Å². The highest BCUT2D eigenvalue weighted by atomic mass is 16.3. The Morgan fingerprint density at radius 3 is 2.57 bits per heavy atom.